The van der Waals surface area contributed by atoms with Crippen molar-refractivity contribution in [2.45, 2.75) is 42.6 Å². The lowest BCUT2D eigenvalue weighted by Crippen LogP contribution is -2.29. The largest absolute Gasteiger partial charge is 0.479 e. The number of fused-ring (bicyclic) bond motifs is 1. The van der Waals surface area contributed by atoms with Crippen molar-refractivity contribution < 1.29 is 18.3 Å². The number of nitrogens with zero attached hydrogens (tertiary/aromatic N) is 2. The Hall–Kier alpha value is -1.90. The van der Waals surface area contributed by atoms with Crippen LogP contribution in [0.3, 0.4) is 0 Å². The number of nitrogens with one attached hydrogen (secondary N) is 1. The van der Waals surface area contributed by atoms with Gasteiger partial charge in [-0.15, -0.1) is 0 Å². The molecule has 2 aliphatic heterocycles. The number of likely N-dealkylation sites (N-methyl/N-ethyl adjacent to an activating group) is 1. The average molecular weight is 436 g/mol. The zero-order valence-corrected chi connectivity index (χ0v) is 18.1. The maximum atomic E-state index is 13.7. The molecule has 1 aromatic heterocycles. The summed E-state index contributed by atoms with van der Waals surface area (Å²) in [6, 6.07) is 9.68. The molecule has 0 saturated carbocycles. The van der Waals surface area contributed by atoms with Crippen LogP contribution in [0.5, 0.6) is 5.88 Å². The first-order chi connectivity index (χ1) is 14.4. The molecule has 1 saturated heterocycles. The van der Waals surface area contributed by atoms with Crippen LogP contribution in [-0.4, -0.2) is 49.7 Å². The predicted octanol–water partition coefficient (Wildman–Crippen LogP) is 4.73. The molecular weight excluding hydrogens is 408 g/mol. The number of halogens is 2. The first-order valence-electron chi connectivity index (χ1n) is 10.2. The average Bonchev–Trinajstić information content (AvgIpc) is 2.92. The summed E-state index contributed by atoms with van der Waals surface area (Å²) in [5, 5.41) is 0. The first kappa shape index (κ1) is 21.3. The van der Waals surface area contributed by atoms with Crippen LogP contribution in [0.1, 0.15) is 35.8 Å². The molecule has 0 amide bonds. The number of aromatic nitrogens is 1. The Labute approximate surface area is 180 Å². The number of anilines is 1. The van der Waals surface area contributed by atoms with Crippen molar-refractivity contribution in [1.82, 2.24) is 9.88 Å². The van der Waals surface area contributed by atoms with Gasteiger partial charge in [-0.25, -0.2) is 13.8 Å². The van der Waals surface area contributed by atoms with Crippen LogP contribution in [0.2, 0.25) is 0 Å². The van der Waals surface area contributed by atoms with E-state index in [9.17, 15) is 8.78 Å². The zero-order chi connectivity index (χ0) is 21.1. The lowest BCUT2D eigenvalue weighted by Gasteiger charge is -2.29. The highest BCUT2D eigenvalue weighted by atomic mass is 32.2. The van der Waals surface area contributed by atoms with Gasteiger partial charge in [-0.2, -0.15) is 0 Å². The van der Waals surface area contributed by atoms with Gasteiger partial charge in [0.25, 0.3) is 5.92 Å². The Balaban J connectivity index is 1.43. The monoisotopic (exact) mass is 435 g/mol. The molecule has 0 aliphatic carbocycles. The quantitative estimate of drug-likeness (QED) is 0.686. The van der Waals surface area contributed by atoms with E-state index in [2.05, 4.69) is 22.7 Å². The Kier molecular flexibility index (Phi) is 6.46. The fourth-order valence-corrected chi connectivity index (χ4v) is 4.46. The molecule has 1 N–H and O–H groups in total. The third kappa shape index (κ3) is 5.04. The lowest BCUT2D eigenvalue weighted by atomic mass is 9.99. The second-order valence-corrected chi connectivity index (χ2v) is 8.78. The molecule has 162 valence electrons. The van der Waals surface area contributed by atoms with Crippen LogP contribution in [0, 0.1) is 0 Å². The van der Waals surface area contributed by atoms with Gasteiger partial charge in [0.1, 0.15) is 5.69 Å². The summed E-state index contributed by atoms with van der Waals surface area (Å²) in [7, 11) is 3.75. The van der Waals surface area contributed by atoms with Crippen LogP contribution >= 0.6 is 11.9 Å². The molecule has 0 radical (unpaired) electrons. The summed E-state index contributed by atoms with van der Waals surface area (Å²) in [4.78, 5) is 7.99. The number of benzene rings is 1. The third-order valence-corrected chi connectivity index (χ3v) is 6.47. The summed E-state index contributed by atoms with van der Waals surface area (Å²) in [5.74, 6) is -2.07. The summed E-state index contributed by atoms with van der Waals surface area (Å²) < 4.78 is 41.7. The molecule has 4 rings (SSSR count). The summed E-state index contributed by atoms with van der Waals surface area (Å²) in [6.45, 7) is 2.10. The summed E-state index contributed by atoms with van der Waals surface area (Å²) in [6.07, 6.45) is 0.870. The van der Waals surface area contributed by atoms with E-state index in [1.165, 1.54) is 17.5 Å². The SMILES string of the molecule is COc1nc2c(cc1NSc1ccc(C3CC(F)(F)CCO3)cc1)CCN(C)CC2. The predicted molar refractivity (Wildman–Crippen MR) is 114 cm³/mol. The molecule has 1 unspecified atom stereocenters. The smallest absolute Gasteiger partial charge is 0.253 e. The van der Waals surface area contributed by atoms with Crippen LogP contribution in [-0.2, 0) is 17.6 Å². The molecule has 2 aliphatic rings. The fraction of sp³-hybridized carbons (Fsp3) is 0.500. The highest BCUT2D eigenvalue weighted by molar-refractivity contribution is 8.00. The van der Waals surface area contributed by atoms with Gasteiger partial charge in [0, 0.05) is 42.9 Å². The first-order valence-corrected chi connectivity index (χ1v) is 11.0. The number of methoxy groups -OCH3 is 1. The standard InChI is InChI=1S/C22H27F2N3O2S/c1-27-10-7-16-13-19(21(28-2)25-18(16)8-11-27)26-30-17-5-3-15(4-6-17)20-14-22(23,24)9-12-29-20/h3-6,13,20,26H,7-12,14H2,1-2H3. The Bertz CT molecular complexity index is 879. The van der Waals surface area contributed by atoms with Crippen molar-refractivity contribution in [1.29, 1.82) is 0 Å². The number of hydrogen-bond acceptors (Lipinski definition) is 6. The van der Waals surface area contributed by atoms with Gasteiger partial charge >= 0.3 is 0 Å². The molecule has 5 nitrogen and oxygen atoms in total. The summed E-state index contributed by atoms with van der Waals surface area (Å²) in [5.41, 5.74) is 3.96. The molecule has 0 bridgehead atoms. The van der Waals surface area contributed by atoms with Gasteiger partial charge in [0.05, 0.1) is 19.8 Å². The minimum atomic E-state index is -2.65. The van der Waals surface area contributed by atoms with Crippen LogP contribution in [0.4, 0.5) is 14.5 Å². The molecular formula is C22H27F2N3O2S. The van der Waals surface area contributed by atoms with Crippen molar-refractivity contribution >= 4 is 17.6 Å². The minimum Gasteiger partial charge on any atom is -0.479 e. The molecule has 3 heterocycles. The van der Waals surface area contributed by atoms with E-state index in [1.54, 1.807) is 7.11 Å². The third-order valence-electron chi connectivity index (χ3n) is 5.64. The molecule has 8 heteroatoms. The molecule has 0 spiro atoms. The van der Waals surface area contributed by atoms with Crippen molar-refractivity contribution in [2.75, 3.05) is 38.6 Å². The molecule has 2 aromatic rings. The zero-order valence-electron chi connectivity index (χ0n) is 17.3. The molecule has 1 atom stereocenters. The van der Waals surface area contributed by atoms with Gasteiger partial charge in [-0.1, -0.05) is 12.1 Å². The molecule has 1 aromatic carbocycles. The number of alkyl halides is 2. The summed E-state index contributed by atoms with van der Waals surface area (Å²) >= 11 is 1.45. The highest BCUT2D eigenvalue weighted by Gasteiger charge is 2.37. The molecule has 1 fully saturated rings. The topological polar surface area (TPSA) is 46.6 Å². The Morgan fingerprint density at radius 3 is 2.73 bits per heavy atom. The number of hydrogen-bond donors (Lipinski definition) is 1. The van der Waals surface area contributed by atoms with Gasteiger partial charge < -0.3 is 19.1 Å². The van der Waals surface area contributed by atoms with Crippen molar-refractivity contribution in [2.24, 2.45) is 0 Å². The Morgan fingerprint density at radius 1 is 1.23 bits per heavy atom. The minimum absolute atomic E-state index is 0.0939. The maximum absolute atomic E-state index is 13.7. The number of pyridine rings is 1. The van der Waals surface area contributed by atoms with E-state index in [-0.39, 0.29) is 19.4 Å². The van der Waals surface area contributed by atoms with E-state index in [0.29, 0.717) is 5.88 Å². The second kappa shape index (κ2) is 9.08. The molecule has 30 heavy (non-hydrogen) atoms. The van der Waals surface area contributed by atoms with E-state index in [4.69, 9.17) is 14.5 Å². The highest BCUT2D eigenvalue weighted by Crippen LogP contribution is 2.38. The van der Waals surface area contributed by atoms with E-state index in [1.807, 2.05) is 24.3 Å². The number of ether oxygens (including phenoxy) is 2. The van der Waals surface area contributed by atoms with Crippen molar-refractivity contribution in [3.63, 3.8) is 0 Å². The lowest BCUT2D eigenvalue weighted by molar-refractivity contribution is -0.129. The van der Waals surface area contributed by atoms with Gasteiger partial charge in [0.15, 0.2) is 0 Å². The maximum Gasteiger partial charge on any atom is 0.253 e. The number of rotatable bonds is 5. The van der Waals surface area contributed by atoms with Crippen LogP contribution in [0.15, 0.2) is 35.2 Å². The van der Waals surface area contributed by atoms with E-state index in [0.717, 1.165) is 47.8 Å². The normalized spacial score (nSPS) is 21.5. The van der Waals surface area contributed by atoms with Gasteiger partial charge in [-0.05, 0) is 54.7 Å². The van der Waals surface area contributed by atoms with Gasteiger partial charge in [-0.3, -0.25) is 0 Å². The van der Waals surface area contributed by atoms with E-state index < -0.39 is 12.0 Å². The van der Waals surface area contributed by atoms with E-state index >= 15 is 0 Å². The fourth-order valence-electron chi connectivity index (χ4n) is 3.82. The second-order valence-electron chi connectivity index (χ2n) is 7.90. The van der Waals surface area contributed by atoms with Crippen LogP contribution < -0.4 is 9.46 Å². The van der Waals surface area contributed by atoms with Crippen LogP contribution in [0.25, 0.3) is 0 Å². The van der Waals surface area contributed by atoms with Gasteiger partial charge in [0.2, 0.25) is 5.88 Å². The van der Waals surface area contributed by atoms with Crippen molar-refractivity contribution in [3.8, 4) is 5.88 Å². The van der Waals surface area contributed by atoms with Crippen molar-refractivity contribution in [3.05, 3.63) is 47.2 Å². The Morgan fingerprint density at radius 2 is 2.00 bits per heavy atom.